The maximum Gasteiger partial charge on any atom is 0.259 e. The molecule has 0 saturated carbocycles. The Hall–Kier alpha value is -2.96. The number of rotatable bonds is 4. The maximum atomic E-state index is 12.3. The van der Waals surface area contributed by atoms with E-state index in [1.165, 1.54) is 24.5 Å². The summed E-state index contributed by atoms with van der Waals surface area (Å²) in [6.45, 7) is 1.73. The second kappa shape index (κ2) is 6.87. The lowest BCUT2D eigenvalue weighted by molar-refractivity contribution is 0.0824. The molecule has 0 aliphatic rings. The molecule has 7 heteroatoms. The Morgan fingerprint density at radius 3 is 2.57 bits per heavy atom. The van der Waals surface area contributed by atoms with E-state index in [0.717, 1.165) is 0 Å². The lowest BCUT2D eigenvalue weighted by Gasteiger charge is -2.15. The first kappa shape index (κ1) is 16.4. The number of benzene rings is 1. The van der Waals surface area contributed by atoms with Gasteiger partial charge in [0.1, 0.15) is 12.1 Å². The van der Waals surface area contributed by atoms with Gasteiger partial charge in [0.2, 0.25) is 0 Å². The topological polar surface area (TPSA) is 84.4 Å². The van der Waals surface area contributed by atoms with Crippen LogP contribution in [0.1, 0.15) is 26.4 Å². The lowest BCUT2D eigenvalue weighted by atomic mass is 10.1. The van der Waals surface area contributed by atoms with Crippen LogP contribution in [0, 0.1) is 6.92 Å². The SMILES string of the molecule is COc1ccc(NC(=O)c2cncnc2C)cc1C(=O)N(C)C. The predicted octanol–water partition coefficient (Wildman–Crippen LogP) is 1.75. The second-order valence-corrected chi connectivity index (χ2v) is 5.09. The van der Waals surface area contributed by atoms with E-state index < -0.39 is 0 Å². The van der Waals surface area contributed by atoms with Crippen molar-refractivity contribution in [1.29, 1.82) is 0 Å². The van der Waals surface area contributed by atoms with Crippen LogP contribution in [0.25, 0.3) is 0 Å². The van der Waals surface area contributed by atoms with Crippen molar-refractivity contribution in [2.45, 2.75) is 6.92 Å². The van der Waals surface area contributed by atoms with Gasteiger partial charge in [-0.1, -0.05) is 0 Å². The number of aryl methyl sites for hydroxylation is 1. The molecule has 2 aromatic rings. The summed E-state index contributed by atoms with van der Waals surface area (Å²) < 4.78 is 5.20. The highest BCUT2D eigenvalue weighted by molar-refractivity contribution is 6.06. The third-order valence-electron chi connectivity index (χ3n) is 3.25. The summed E-state index contributed by atoms with van der Waals surface area (Å²) in [6.07, 6.45) is 2.83. The minimum absolute atomic E-state index is 0.211. The first-order valence-corrected chi connectivity index (χ1v) is 6.91. The first-order chi connectivity index (χ1) is 10.9. The second-order valence-electron chi connectivity index (χ2n) is 5.09. The van der Waals surface area contributed by atoms with Crippen LogP contribution < -0.4 is 10.1 Å². The molecule has 0 aliphatic carbocycles. The van der Waals surface area contributed by atoms with Gasteiger partial charge in [0.25, 0.3) is 11.8 Å². The summed E-state index contributed by atoms with van der Waals surface area (Å²) in [5, 5.41) is 2.74. The average molecular weight is 314 g/mol. The van der Waals surface area contributed by atoms with Crippen molar-refractivity contribution in [1.82, 2.24) is 14.9 Å². The highest BCUT2D eigenvalue weighted by Gasteiger charge is 2.16. The molecule has 0 atom stereocenters. The summed E-state index contributed by atoms with van der Waals surface area (Å²) in [7, 11) is 4.79. The van der Waals surface area contributed by atoms with Gasteiger partial charge in [-0.3, -0.25) is 9.59 Å². The van der Waals surface area contributed by atoms with E-state index in [0.29, 0.717) is 28.3 Å². The molecule has 2 amide bonds. The number of hydrogen-bond donors (Lipinski definition) is 1. The van der Waals surface area contributed by atoms with E-state index in [1.54, 1.807) is 39.2 Å². The summed E-state index contributed by atoms with van der Waals surface area (Å²) >= 11 is 0. The van der Waals surface area contributed by atoms with Crippen LogP contribution in [-0.2, 0) is 0 Å². The van der Waals surface area contributed by atoms with Crippen LogP contribution in [0.5, 0.6) is 5.75 Å². The van der Waals surface area contributed by atoms with E-state index >= 15 is 0 Å². The smallest absolute Gasteiger partial charge is 0.259 e. The third-order valence-corrected chi connectivity index (χ3v) is 3.25. The van der Waals surface area contributed by atoms with E-state index in [9.17, 15) is 9.59 Å². The molecule has 0 radical (unpaired) electrons. The van der Waals surface area contributed by atoms with Crippen LogP contribution >= 0.6 is 0 Å². The Kier molecular flexibility index (Phi) is 4.90. The highest BCUT2D eigenvalue weighted by Crippen LogP contribution is 2.24. The number of anilines is 1. The number of methoxy groups -OCH3 is 1. The van der Waals surface area contributed by atoms with Crippen molar-refractivity contribution >= 4 is 17.5 Å². The van der Waals surface area contributed by atoms with Crippen molar-refractivity contribution < 1.29 is 14.3 Å². The van der Waals surface area contributed by atoms with Gasteiger partial charge in [-0.25, -0.2) is 9.97 Å². The quantitative estimate of drug-likeness (QED) is 0.929. The Labute approximate surface area is 134 Å². The number of nitrogens with zero attached hydrogens (tertiary/aromatic N) is 3. The normalized spacial score (nSPS) is 10.1. The van der Waals surface area contributed by atoms with E-state index in [1.807, 2.05) is 0 Å². The molecule has 0 spiro atoms. The van der Waals surface area contributed by atoms with E-state index in [4.69, 9.17) is 4.74 Å². The van der Waals surface area contributed by atoms with Gasteiger partial charge in [-0.05, 0) is 25.1 Å². The van der Waals surface area contributed by atoms with Crippen LogP contribution in [0.4, 0.5) is 5.69 Å². The molecule has 1 aromatic carbocycles. The predicted molar refractivity (Wildman–Crippen MR) is 85.7 cm³/mol. The fraction of sp³-hybridized carbons (Fsp3) is 0.250. The zero-order chi connectivity index (χ0) is 17.0. The number of ether oxygens (including phenoxy) is 1. The van der Waals surface area contributed by atoms with Crippen LogP contribution in [0.3, 0.4) is 0 Å². The molecule has 120 valence electrons. The molecule has 1 N–H and O–H groups in total. The van der Waals surface area contributed by atoms with Gasteiger partial charge in [0.15, 0.2) is 0 Å². The fourth-order valence-corrected chi connectivity index (χ4v) is 2.01. The van der Waals surface area contributed by atoms with E-state index in [-0.39, 0.29) is 11.8 Å². The number of amides is 2. The molecule has 0 saturated heterocycles. The van der Waals surface area contributed by atoms with Gasteiger partial charge in [-0.15, -0.1) is 0 Å². The molecule has 2 rings (SSSR count). The Balaban J connectivity index is 2.31. The van der Waals surface area contributed by atoms with E-state index in [2.05, 4.69) is 15.3 Å². The third kappa shape index (κ3) is 3.63. The lowest BCUT2D eigenvalue weighted by Crippen LogP contribution is -2.22. The monoisotopic (exact) mass is 314 g/mol. The van der Waals surface area contributed by atoms with Crippen LogP contribution in [-0.4, -0.2) is 47.9 Å². The molecule has 0 aliphatic heterocycles. The van der Waals surface area contributed by atoms with Gasteiger partial charge < -0.3 is 15.0 Å². The van der Waals surface area contributed by atoms with Crippen LogP contribution in [0.15, 0.2) is 30.7 Å². The fourth-order valence-electron chi connectivity index (χ4n) is 2.01. The summed E-state index contributed by atoms with van der Waals surface area (Å²) in [5.41, 5.74) is 1.82. The van der Waals surface area contributed by atoms with Crippen molar-refractivity contribution in [3.05, 3.63) is 47.5 Å². The highest BCUT2D eigenvalue weighted by atomic mass is 16.5. The molecule has 7 nitrogen and oxygen atoms in total. The molecular formula is C16H18N4O3. The number of hydrogen-bond acceptors (Lipinski definition) is 5. The largest absolute Gasteiger partial charge is 0.496 e. The van der Waals surface area contributed by atoms with Crippen LogP contribution in [0.2, 0.25) is 0 Å². The van der Waals surface area contributed by atoms with Crippen molar-refractivity contribution in [2.24, 2.45) is 0 Å². The Morgan fingerprint density at radius 1 is 1.22 bits per heavy atom. The Bertz CT molecular complexity index is 744. The average Bonchev–Trinajstić information content (AvgIpc) is 2.54. The zero-order valence-electron chi connectivity index (χ0n) is 13.5. The number of aromatic nitrogens is 2. The van der Waals surface area contributed by atoms with Crippen molar-refractivity contribution in [3.63, 3.8) is 0 Å². The van der Waals surface area contributed by atoms with Gasteiger partial charge in [0.05, 0.1) is 23.9 Å². The summed E-state index contributed by atoms with van der Waals surface area (Å²) in [5.74, 6) is -0.102. The number of carbonyl (C=O) groups is 2. The Morgan fingerprint density at radius 2 is 1.96 bits per heavy atom. The summed E-state index contributed by atoms with van der Waals surface area (Å²) in [4.78, 5) is 33.8. The molecule has 0 bridgehead atoms. The van der Waals surface area contributed by atoms with Crippen molar-refractivity contribution in [2.75, 3.05) is 26.5 Å². The zero-order valence-corrected chi connectivity index (χ0v) is 13.5. The van der Waals surface area contributed by atoms with Gasteiger partial charge >= 0.3 is 0 Å². The molecule has 0 unspecified atom stereocenters. The molecular weight excluding hydrogens is 296 g/mol. The molecule has 23 heavy (non-hydrogen) atoms. The molecule has 1 heterocycles. The van der Waals surface area contributed by atoms with Gasteiger partial charge in [0, 0.05) is 26.0 Å². The number of nitrogens with one attached hydrogen (secondary N) is 1. The first-order valence-electron chi connectivity index (χ1n) is 6.91. The number of carbonyl (C=O) groups excluding carboxylic acids is 2. The van der Waals surface area contributed by atoms with Gasteiger partial charge in [-0.2, -0.15) is 0 Å². The summed E-state index contributed by atoms with van der Waals surface area (Å²) in [6, 6.07) is 4.89. The minimum atomic E-state index is -0.337. The maximum absolute atomic E-state index is 12.3. The standard InChI is InChI=1S/C16H18N4O3/c1-10-13(8-17-9-18-10)15(21)19-11-5-6-14(23-4)12(7-11)16(22)20(2)3/h5-9H,1-4H3,(H,19,21). The molecule has 0 fully saturated rings. The minimum Gasteiger partial charge on any atom is -0.496 e. The van der Waals surface area contributed by atoms with Crippen molar-refractivity contribution in [3.8, 4) is 5.75 Å². The molecule has 1 aromatic heterocycles.